The smallest absolute Gasteiger partial charge is 0.305 e. The molecular formula is C17H14N4O7S. The van der Waals surface area contributed by atoms with Gasteiger partial charge in [0.1, 0.15) is 22.5 Å². The van der Waals surface area contributed by atoms with Crippen molar-refractivity contribution in [1.82, 2.24) is 5.32 Å². The number of rotatable bonds is 7. The first-order valence-electron chi connectivity index (χ1n) is 8.10. The maximum Gasteiger partial charge on any atom is 0.305 e. The molecule has 11 nitrogen and oxygen atoms in total. The highest BCUT2D eigenvalue weighted by molar-refractivity contribution is 8.15. The summed E-state index contributed by atoms with van der Waals surface area (Å²) < 4.78 is 10.6. The molecule has 2 aromatic rings. The minimum Gasteiger partial charge on any atom is -0.497 e. The zero-order valence-corrected chi connectivity index (χ0v) is 15.7. The third kappa shape index (κ3) is 4.79. The second-order valence-corrected chi connectivity index (χ2v) is 6.88. The highest BCUT2D eigenvalue weighted by Crippen LogP contribution is 2.34. The number of nitrogens with zero attached hydrogens (tertiary/aromatic N) is 3. The van der Waals surface area contributed by atoms with E-state index >= 15 is 0 Å². The molecule has 1 aliphatic rings. The Morgan fingerprint density at radius 3 is 2.93 bits per heavy atom. The van der Waals surface area contributed by atoms with E-state index in [1.54, 1.807) is 18.2 Å². The van der Waals surface area contributed by atoms with Crippen LogP contribution in [0.15, 0.2) is 45.0 Å². The topological polar surface area (TPSA) is 157 Å². The van der Waals surface area contributed by atoms with E-state index in [9.17, 15) is 19.7 Å². The van der Waals surface area contributed by atoms with Gasteiger partial charge < -0.3 is 19.6 Å². The SMILES string of the molecule is COc1ccc(-c2ccc(/C=N\N=C3\NC(=O)[C@@H](CC(=O)O)S3)o2)c([N+](=O)[O-])c1. The van der Waals surface area contributed by atoms with E-state index in [1.165, 1.54) is 25.5 Å². The number of carboxylic acids is 1. The first-order valence-corrected chi connectivity index (χ1v) is 8.98. The van der Waals surface area contributed by atoms with Crippen LogP contribution in [0.4, 0.5) is 5.69 Å². The summed E-state index contributed by atoms with van der Waals surface area (Å²) in [6, 6.07) is 7.51. The average molecular weight is 418 g/mol. The number of furan rings is 1. The van der Waals surface area contributed by atoms with Crippen LogP contribution in [0.5, 0.6) is 5.75 Å². The zero-order chi connectivity index (χ0) is 21.0. The van der Waals surface area contributed by atoms with Crippen molar-refractivity contribution in [2.24, 2.45) is 10.2 Å². The average Bonchev–Trinajstić information content (AvgIpc) is 3.28. The van der Waals surface area contributed by atoms with Crippen LogP contribution in [0.25, 0.3) is 11.3 Å². The number of methoxy groups -OCH3 is 1. The number of nitrogens with one attached hydrogen (secondary N) is 1. The fourth-order valence-corrected chi connectivity index (χ4v) is 3.36. The molecule has 2 heterocycles. The number of amidine groups is 1. The van der Waals surface area contributed by atoms with Crippen LogP contribution < -0.4 is 10.1 Å². The van der Waals surface area contributed by atoms with Crippen molar-refractivity contribution in [3.8, 4) is 17.1 Å². The van der Waals surface area contributed by atoms with Crippen molar-refractivity contribution in [2.75, 3.05) is 7.11 Å². The molecule has 0 spiro atoms. The van der Waals surface area contributed by atoms with Gasteiger partial charge in [0, 0.05) is 0 Å². The highest BCUT2D eigenvalue weighted by Gasteiger charge is 2.32. The molecule has 150 valence electrons. The third-order valence-electron chi connectivity index (χ3n) is 3.76. The quantitative estimate of drug-likeness (QED) is 0.394. The number of hydrogen-bond acceptors (Lipinski definition) is 9. The van der Waals surface area contributed by atoms with Gasteiger partial charge in [-0.05, 0) is 24.3 Å². The number of amides is 1. The van der Waals surface area contributed by atoms with Crippen molar-refractivity contribution >= 4 is 40.7 Å². The molecular weight excluding hydrogens is 404 g/mol. The molecule has 2 N–H and O–H groups in total. The fourth-order valence-electron chi connectivity index (χ4n) is 2.45. The lowest BCUT2D eigenvalue weighted by Crippen LogP contribution is -2.26. The predicted octanol–water partition coefficient (Wildman–Crippen LogP) is 2.26. The maximum absolute atomic E-state index is 11.6. The lowest BCUT2D eigenvalue weighted by atomic mass is 10.1. The van der Waals surface area contributed by atoms with Crippen LogP contribution >= 0.6 is 11.8 Å². The van der Waals surface area contributed by atoms with E-state index in [1.807, 2.05) is 0 Å². The molecule has 12 heteroatoms. The molecule has 1 atom stereocenters. The Balaban J connectivity index is 1.74. The Labute approximate surface area is 167 Å². The third-order valence-corrected chi connectivity index (χ3v) is 4.84. The Kier molecular flexibility index (Phi) is 5.93. The number of ether oxygens (including phenoxy) is 1. The number of benzene rings is 1. The molecule has 1 amide bonds. The normalized spacial score (nSPS) is 17.6. The van der Waals surface area contributed by atoms with E-state index in [2.05, 4.69) is 15.5 Å². The van der Waals surface area contributed by atoms with Gasteiger partial charge in [-0.3, -0.25) is 19.7 Å². The molecule has 1 aromatic carbocycles. The lowest BCUT2D eigenvalue weighted by Gasteiger charge is -2.03. The summed E-state index contributed by atoms with van der Waals surface area (Å²) in [4.78, 5) is 33.1. The second-order valence-electron chi connectivity index (χ2n) is 5.69. The van der Waals surface area contributed by atoms with Gasteiger partial charge in [-0.25, -0.2) is 0 Å². The predicted molar refractivity (Wildman–Crippen MR) is 104 cm³/mol. The number of carbonyl (C=O) groups excluding carboxylic acids is 1. The number of hydrogen-bond donors (Lipinski definition) is 2. The highest BCUT2D eigenvalue weighted by atomic mass is 32.2. The van der Waals surface area contributed by atoms with Gasteiger partial charge in [0.05, 0.1) is 36.3 Å². The number of nitro groups is 1. The van der Waals surface area contributed by atoms with E-state index in [0.717, 1.165) is 11.8 Å². The van der Waals surface area contributed by atoms with E-state index in [4.69, 9.17) is 14.3 Å². The number of carbonyl (C=O) groups is 2. The standard InChI is InChI=1S/C17H14N4O7S/c1-27-9-2-4-11(12(6-9)21(25)26)13-5-3-10(28-13)8-18-20-17-19-16(24)14(29-17)7-15(22)23/h2-6,8,14H,7H2,1H3,(H,22,23)(H,19,20,24)/b18-8-/t14-/m1/s1. The Morgan fingerprint density at radius 2 is 2.24 bits per heavy atom. The van der Waals surface area contributed by atoms with E-state index in [-0.39, 0.29) is 34.4 Å². The van der Waals surface area contributed by atoms with Crippen LogP contribution in [0.1, 0.15) is 12.2 Å². The summed E-state index contributed by atoms with van der Waals surface area (Å²) in [5, 5.41) is 29.5. The summed E-state index contributed by atoms with van der Waals surface area (Å²) in [6.45, 7) is 0. The first kappa shape index (κ1) is 20.1. The molecule has 0 saturated carbocycles. The second kappa shape index (κ2) is 8.56. The van der Waals surface area contributed by atoms with Crippen molar-refractivity contribution in [3.63, 3.8) is 0 Å². The molecule has 3 rings (SSSR count). The lowest BCUT2D eigenvalue weighted by molar-refractivity contribution is -0.384. The van der Waals surface area contributed by atoms with Crippen LogP contribution in [-0.2, 0) is 9.59 Å². The van der Waals surface area contributed by atoms with Gasteiger partial charge in [-0.2, -0.15) is 5.10 Å². The molecule has 0 bridgehead atoms. The molecule has 1 fully saturated rings. The monoisotopic (exact) mass is 418 g/mol. The van der Waals surface area contributed by atoms with Crippen molar-refractivity contribution < 1.29 is 28.8 Å². The largest absolute Gasteiger partial charge is 0.497 e. The molecule has 1 aliphatic heterocycles. The summed E-state index contributed by atoms with van der Waals surface area (Å²) in [6.07, 6.45) is 0.949. The van der Waals surface area contributed by atoms with Gasteiger partial charge in [0.25, 0.3) is 5.69 Å². The molecule has 0 radical (unpaired) electrons. The van der Waals surface area contributed by atoms with E-state index in [0.29, 0.717) is 5.75 Å². The Bertz CT molecular complexity index is 1030. The Hall–Kier alpha value is -3.67. The summed E-state index contributed by atoms with van der Waals surface area (Å²) >= 11 is 0.970. The number of thioether (sulfide) groups is 1. The molecule has 1 saturated heterocycles. The minimum atomic E-state index is -1.09. The molecule has 0 aliphatic carbocycles. The zero-order valence-electron chi connectivity index (χ0n) is 14.9. The molecule has 0 unspecified atom stereocenters. The van der Waals surface area contributed by atoms with Gasteiger partial charge in [-0.1, -0.05) is 11.8 Å². The molecule has 1 aromatic heterocycles. The van der Waals surface area contributed by atoms with Crippen LogP contribution in [0.2, 0.25) is 0 Å². The minimum absolute atomic E-state index is 0.169. The van der Waals surface area contributed by atoms with Crippen LogP contribution in [-0.4, -0.2) is 45.6 Å². The van der Waals surface area contributed by atoms with Crippen molar-refractivity contribution in [1.29, 1.82) is 0 Å². The van der Waals surface area contributed by atoms with E-state index < -0.39 is 22.0 Å². The number of aliphatic carboxylic acids is 1. The summed E-state index contributed by atoms with van der Waals surface area (Å²) in [5.74, 6) is -0.636. The number of nitro benzene ring substituents is 1. The van der Waals surface area contributed by atoms with Gasteiger partial charge in [0.15, 0.2) is 5.17 Å². The number of carboxylic acid groups (broad SMARTS) is 1. The summed E-state index contributed by atoms with van der Waals surface area (Å²) in [5.41, 5.74) is 0.105. The maximum atomic E-state index is 11.6. The fraction of sp³-hybridized carbons (Fsp3) is 0.176. The van der Waals surface area contributed by atoms with Gasteiger partial charge in [0.2, 0.25) is 5.91 Å². The van der Waals surface area contributed by atoms with Crippen molar-refractivity contribution in [3.05, 3.63) is 46.2 Å². The Morgan fingerprint density at radius 1 is 1.45 bits per heavy atom. The van der Waals surface area contributed by atoms with Crippen LogP contribution in [0, 0.1) is 10.1 Å². The van der Waals surface area contributed by atoms with Crippen molar-refractivity contribution in [2.45, 2.75) is 11.7 Å². The molecule has 29 heavy (non-hydrogen) atoms. The van der Waals surface area contributed by atoms with Gasteiger partial charge in [-0.15, -0.1) is 5.10 Å². The first-order chi connectivity index (χ1) is 13.9. The van der Waals surface area contributed by atoms with Gasteiger partial charge >= 0.3 is 5.97 Å². The summed E-state index contributed by atoms with van der Waals surface area (Å²) in [7, 11) is 1.41. The van der Waals surface area contributed by atoms with Crippen LogP contribution in [0.3, 0.4) is 0 Å².